The molecule has 0 spiro atoms. The van der Waals surface area contributed by atoms with Crippen molar-refractivity contribution in [1.82, 2.24) is 0 Å². The lowest BCUT2D eigenvalue weighted by atomic mass is 10.1. The average molecular weight is 1020 g/mol. The zero-order valence-electron chi connectivity index (χ0n) is 47.9. The van der Waals surface area contributed by atoms with Gasteiger partial charge in [-0.25, -0.2) is 0 Å². The van der Waals surface area contributed by atoms with Gasteiger partial charge in [0.25, 0.3) is 0 Å². The fourth-order valence-electron chi connectivity index (χ4n) is 8.42. The summed E-state index contributed by atoms with van der Waals surface area (Å²) in [7, 11) is 0. The Hall–Kier alpha value is -3.67. The highest BCUT2D eigenvalue weighted by Crippen LogP contribution is 2.15. The van der Waals surface area contributed by atoms with Crippen LogP contribution >= 0.6 is 0 Å². The first kappa shape index (κ1) is 69.3. The molecule has 0 aromatic rings. The molecular weight excluding hydrogens is 901 g/mol. The largest absolute Gasteiger partial charge is 0.462 e. The van der Waals surface area contributed by atoms with Gasteiger partial charge in [-0.1, -0.05) is 253 Å². The first-order valence-corrected chi connectivity index (χ1v) is 30.7. The molecule has 0 fully saturated rings. The quantitative estimate of drug-likeness (QED) is 0.0261. The van der Waals surface area contributed by atoms with Gasteiger partial charge in [0, 0.05) is 19.3 Å². The fourth-order valence-corrected chi connectivity index (χ4v) is 8.42. The summed E-state index contributed by atoms with van der Waals surface area (Å²) in [5.41, 5.74) is 0. The van der Waals surface area contributed by atoms with Crippen molar-refractivity contribution in [1.29, 1.82) is 0 Å². The fraction of sp³-hybridized carbons (Fsp3) is 0.716. The van der Waals surface area contributed by atoms with Crippen LogP contribution in [0.15, 0.2) is 97.2 Å². The third kappa shape index (κ3) is 59.1. The van der Waals surface area contributed by atoms with Crippen LogP contribution in [-0.4, -0.2) is 37.2 Å². The summed E-state index contributed by atoms with van der Waals surface area (Å²) in [6, 6.07) is 0. The maximum absolute atomic E-state index is 12.9. The number of carbonyl (C=O) groups is 3. The van der Waals surface area contributed by atoms with Crippen molar-refractivity contribution < 1.29 is 28.6 Å². The zero-order chi connectivity index (χ0) is 52.9. The Morgan fingerprint density at radius 2 is 0.548 bits per heavy atom. The van der Waals surface area contributed by atoms with E-state index in [1.807, 2.05) is 0 Å². The minimum absolute atomic E-state index is 0.0882. The summed E-state index contributed by atoms with van der Waals surface area (Å²) < 4.78 is 16.9. The normalized spacial score (nSPS) is 12.8. The maximum Gasteiger partial charge on any atom is 0.306 e. The van der Waals surface area contributed by atoms with Gasteiger partial charge in [-0.3, -0.25) is 14.4 Å². The van der Waals surface area contributed by atoms with E-state index < -0.39 is 6.10 Å². The molecule has 0 amide bonds. The summed E-state index contributed by atoms with van der Waals surface area (Å²) in [6.07, 6.45) is 81.2. The van der Waals surface area contributed by atoms with Crippen LogP contribution in [0.5, 0.6) is 0 Å². The average Bonchev–Trinajstić information content (AvgIpc) is 3.39. The van der Waals surface area contributed by atoms with Gasteiger partial charge in [0.1, 0.15) is 13.2 Å². The van der Waals surface area contributed by atoms with E-state index in [-0.39, 0.29) is 31.1 Å². The highest BCUT2D eigenvalue weighted by atomic mass is 16.6. The molecule has 0 N–H and O–H groups in total. The molecule has 6 heteroatoms. The van der Waals surface area contributed by atoms with Crippen LogP contribution in [0.4, 0.5) is 0 Å². The van der Waals surface area contributed by atoms with E-state index in [1.165, 1.54) is 135 Å². The standard InChI is InChI=1S/C67H114O6/c1-4-7-10-13-16-19-22-24-26-28-30-31-32-33-34-35-37-38-40-42-45-48-51-54-57-60-66(69)72-63-64(62-71-65(68)59-56-53-50-47-44-21-18-15-12-9-6-3)73-67(70)61-58-55-52-49-46-43-41-39-36-29-27-25-23-20-17-14-11-8-5-2/h8,11,15,17-18,20,22,24-25,27-28,30,32-33,36,39,64H,4-7,9-10,12-14,16,19,21,23,26,29,31,34-35,37-38,40-63H2,1-3H3/b11-8-,18-15-,20-17-,24-22-,27-25-,30-28-,33-32-,39-36-. The van der Waals surface area contributed by atoms with E-state index in [1.54, 1.807) is 0 Å². The first-order valence-electron chi connectivity index (χ1n) is 30.7. The van der Waals surface area contributed by atoms with Crippen LogP contribution in [0.1, 0.15) is 290 Å². The summed E-state index contributed by atoms with van der Waals surface area (Å²) in [4.78, 5) is 38.2. The summed E-state index contributed by atoms with van der Waals surface area (Å²) in [5.74, 6) is -0.911. The van der Waals surface area contributed by atoms with Crippen molar-refractivity contribution in [3.8, 4) is 0 Å². The Bertz CT molecular complexity index is 1440. The Morgan fingerprint density at radius 1 is 0.288 bits per heavy atom. The molecular formula is C67H114O6. The molecule has 0 aliphatic carbocycles. The van der Waals surface area contributed by atoms with Gasteiger partial charge >= 0.3 is 17.9 Å². The van der Waals surface area contributed by atoms with Crippen molar-refractivity contribution in [2.75, 3.05) is 13.2 Å². The van der Waals surface area contributed by atoms with Crippen LogP contribution in [0.3, 0.4) is 0 Å². The SMILES string of the molecule is CC/C=C\C/C=C\C/C=C\C/C=C\CCCCCCCCC(=O)OC(COC(=O)CCCCCCC/C=C\CCCC)COC(=O)CCCCCCCCCCCC/C=C\C/C=C\C/C=C\CCCCCCC. The Labute approximate surface area is 451 Å². The smallest absolute Gasteiger partial charge is 0.306 e. The van der Waals surface area contributed by atoms with Gasteiger partial charge in [-0.15, -0.1) is 0 Å². The number of rotatable bonds is 55. The first-order chi connectivity index (χ1) is 36.0. The molecule has 0 saturated heterocycles. The lowest BCUT2D eigenvalue weighted by Gasteiger charge is -2.18. The van der Waals surface area contributed by atoms with E-state index >= 15 is 0 Å². The molecule has 0 heterocycles. The molecule has 0 aromatic carbocycles. The third-order valence-electron chi connectivity index (χ3n) is 13.0. The van der Waals surface area contributed by atoms with Gasteiger partial charge in [0.2, 0.25) is 0 Å². The van der Waals surface area contributed by atoms with Crippen LogP contribution in [0, 0.1) is 0 Å². The van der Waals surface area contributed by atoms with Crippen molar-refractivity contribution >= 4 is 17.9 Å². The highest BCUT2D eigenvalue weighted by Gasteiger charge is 2.19. The molecule has 0 radical (unpaired) electrons. The number of allylic oxidation sites excluding steroid dienone is 16. The second-order valence-electron chi connectivity index (χ2n) is 20.2. The van der Waals surface area contributed by atoms with E-state index in [0.717, 1.165) is 116 Å². The molecule has 0 aliphatic rings. The lowest BCUT2D eigenvalue weighted by Crippen LogP contribution is -2.30. The minimum atomic E-state index is -0.792. The predicted molar refractivity (Wildman–Crippen MR) is 316 cm³/mol. The highest BCUT2D eigenvalue weighted by molar-refractivity contribution is 5.71. The Balaban J connectivity index is 4.32. The van der Waals surface area contributed by atoms with E-state index in [2.05, 4.69) is 118 Å². The van der Waals surface area contributed by atoms with Gasteiger partial charge in [-0.05, 0) is 116 Å². The molecule has 1 atom stereocenters. The molecule has 418 valence electrons. The van der Waals surface area contributed by atoms with E-state index in [4.69, 9.17) is 14.2 Å². The second-order valence-corrected chi connectivity index (χ2v) is 20.2. The maximum atomic E-state index is 12.9. The molecule has 0 bridgehead atoms. The van der Waals surface area contributed by atoms with Crippen LogP contribution in [0.25, 0.3) is 0 Å². The van der Waals surface area contributed by atoms with Crippen molar-refractivity contribution in [2.24, 2.45) is 0 Å². The zero-order valence-corrected chi connectivity index (χ0v) is 47.9. The Morgan fingerprint density at radius 3 is 0.890 bits per heavy atom. The van der Waals surface area contributed by atoms with Crippen LogP contribution in [-0.2, 0) is 28.6 Å². The van der Waals surface area contributed by atoms with Crippen molar-refractivity contribution in [2.45, 2.75) is 297 Å². The molecule has 73 heavy (non-hydrogen) atoms. The number of esters is 3. The minimum Gasteiger partial charge on any atom is -0.462 e. The number of hydrogen-bond acceptors (Lipinski definition) is 6. The number of ether oxygens (including phenoxy) is 3. The molecule has 0 aliphatic heterocycles. The number of unbranched alkanes of at least 4 members (excludes halogenated alkanes) is 28. The van der Waals surface area contributed by atoms with Gasteiger partial charge in [0.05, 0.1) is 0 Å². The van der Waals surface area contributed by atoms with E-state index in [0.29, 0.717) is 19.3 Å². The van der Waals surface area contributed by atoms with Crippen molar-refractivity contribution in [3.63, 3.8) is 0 Å². The predicted octanol–water partition coefficient (Wildman–Crippen LogP) is 20.9. The number of carbonyl (C=O) groups excluding carboxylic acids is 3. The summed E-state index contributed by atoms with van der Waals surface area (Å²) in [5, 5.41) is 0. The van der Waals surface area contributed by atoms with Gasteiger partial charge in [0.15, 0.2) is 6.10 Å². The van der Waals surface area contributed by atoms with E-state index in [9.17, 15) is 14.4 Å². The molecule has 0 aromatic heterocycles. The Kier molecular flexibility index (Phi) is 57.8. The topological polar surface area (TPSA) is 78.9 Å². The lowest BCUT2D eigenvalue weighted by molar-refractivity contribution is -0.167. The molecule has 1 unspecified atom stereocenters. The molecule has 0 saturated carbocycles. The van der Waals surface area contributed by atoms with Crippen LogP contribution in [0.2, 0.25) is 0 Å². The summed E-state index contributed by atoms with van der Waals surface area (Å²) in [6.45, 7) is 6.47. The van der Waals surface area contributed by atoms with Crippen molar-refractivity contribution in [3.05, 3.63) is 97.2 Å². The number of hydrogen-bond donors (Lipinski definition) is 0. The van der Waals surface area contributed by atoms with Gasteiger partial charge in [-0.2, -0.15) is 0 Å². The van der Waals surface area contributed by atoms with Gasteiger partial charge < -0.3 is 14.2 Å². The van der Waals surface area contributed by atoms with Crippen LogP contribution < -0.4 is 0 Å². The molecule has 0 rings (SSSR count). The summed E-state index contributed by atoms with van der Waals surface area (Å²) >= 11 is 0. The third-order valence-corrected chi connectivity index (χ3v) is 13.0. The second kappa shape index (κ2) is 60.9. The molecule has 6 nitrogen and oxygen atoms in total. The monoisotopic (exact) mass is 1010 g/mol.